The van der Waals surface area contributed by atoms with Crippen LogP contribution < -0.4 is 9.47 Å². The Morgan fingerprint density at radius 2 is 1.88 bits per heavy atom. The Balaban J connectivity index is 1.88. The normalized spacial score (nSPS) is 12.8. The van der Waals surface area contributed by atoms with Crippen molar-refractivity contribution in [2.45, 2.75) is 13.5 Å². The summed E-state index contributed by atoms with van der Waals surface area (Å²) in [7, 11) is 0. The molecular weight excluding hydrogens is 349 g/mol. The summed E-state index contributed by atoms with van der Waals surface area (Å²) in [6.07, 6.45) is 0. The molecule has 2 aromatic carbocycles. The molecule has 0 aliphatic carbocycles. The Hall–Kier alpha value is -1.91. The highest BCUT2D eigenvalue weighted by molar-refractivity contribution is 6.43. The monoisotopic (exact) mass is 365 g/mol. The van der Waals surface area contributed by atoms with Crippen molar-refractivity contribution in [3.8, 4) is 11.5 Å². The van der Waals surface area contributed by atoms with Crippen LogP contribution in [0.25, 0.3) is 0 Å². The maximum absolute atomic E-state index is 12.8. The van der Waals surface area contributed by atoms with Crippen molar-refractivity contribution < 1.29 is 14.3 Å². The molecule has 0 aromatic heterocycles. The fourth-order valence-corrected chi connectivity index (χ4v) is 3.01. The van der Waals surface area contributed by atoms with E-state index in [1.165, 1.54) is 0 Å². The van der Waals surface area contributed by atoms with Crippen LogP contribution in [0, 0.1) is 0 Å². The molecule has 6 heteroatoms. The highest BCUT2D eigenvalue weighted by Gasteiger charge is 2.22. The van der Waals surface area contributed by atoms with Gasteiger partial charge in [0.2, 0.25) is 0 Å². The SMILES string of the molecule is CCN(Cc1cccc2c1OCCO2)C(=O)c1cccc(Cl)c1Cl. The minimum atomic E-state index is -0.167. The van der Waals surface area contributed by atoms with Gasteiger partial charge in [0.25, 0.3) is 5.91 Å². The largest absolute Gasteiger partial charge is 0.486 e. The van der Waals surface area contributed by atoms with Crippen molar-refractivity contribution in [2.24, 2.45) is 0 Å². The average molecular weight is 366 g/mol. The number of para-hydroxylation sites is 1. The first-order valence-electron chi connectivity index (χ1n) is 7.72. The molecule has 1 amide bonds. The van der Waals surface area contributed by atoms with Gasteiger partial charge in [0, 0.05) is 18.7 Å². The number of fused-ring (bicyclic) bond motifs is 1. The highest BCUT2D eigenvalue weighted by atomic mass is 35.5. The molecule has 1 aliphatic rings. The van der Waals surface area contributed by atoms with E-state index in [0.29, 0.717) is 48.4 Å². The van der Waals surface area contributed by atoms with Crippen LogP contribution in [0.15, 0.2) is 36.4 Å². The first-order chi connectivity index (χ1) is 11.6. The van der Waals surface area contributed by atoms with Crippen LogP contribution in [-0.4, -0.2) is 30.6 Å². The molecule has 3 rings (SSSR count). The number of rotatable bonds is 4. The molecule has 0 N–H and O–H groups in total. The van der Waals surface area contributed by atoms with E-state index in [1.807, 2.05) is 25.1 Å². The topological polar surface area (TPSA) is 38.8 Å². The van der Waals surface area contributed by atoms with Crippen LogP contribution >= 0.6 is 23.2 Å². The molecule has 0 spiro atoms. The number of carbonyl (C=O) groups excluding carboxylic acids is 1. The lowest BCUT2D eigenvalue weighted by Crippen LogP contribution is -2.31. The number of halogens is 2. The Kier molecular flexibility index (Phi) is 5.17. The van der Waals surface area contributed by atoms with E-state index in [9.17, 15) is 4.79 Å². The average Bonchev–Trinajstić information content (AvgIpc) is 2.61. The maximum atomic E-state index is 12.8. The first-order valence-corrected chi connectivity index (χ1v) is 8.48. The van der Waals surface area contributed by atoms with E-state index < -0.39 is 0 Å². The third kappa shape index (κ3) is 3.30. The van der Waals surface area contributed by atoms with Crippen molar-refractivity contribution in [3.63, 3.8) is 0 Å². The minimum Gasteiger partial charge on any atom is -0.486 e. The van der Waals surface area contributed by atoms with Gasteiger partial charge in [-0.1, -0.05) is 41.4 Å². The van der Waals surface area contributed by atoms with Gasteiger partial charge in [0.05, 0.1) is 15.6 Å². The van der Waals surface area contributed by atoms with Crippen LogP contribution in [0.3, 0.4) is 0 Å². The third-order valence-electron chi connectivity index (χ3n) is 3.86. The van der Waals surface area contributed by atoms with Crippen LogP contribution in [-0.2, 0) is 6.54 Å². The molecule has 0 fully saturated rings. The summed E-state index contributed by atoms with van der Waals surface area (Å²) in [6, 6.07) is 10.8. The summed E-state index contributed by atoms with van der Waals surface area (Å²) in [6.45, 7) is 3.90. The Morgan fingerprint density at radius 3 is 2.67 bits per heavy atom. The van der Waals surface area contributed by atoms with Gasteiger partial charge in [-0.25, -0.2) is 0 Å². The molecule has 2 aromatic rings. The summed E-state index contributed by atoms with van der Waals surface area (Å²) in [4.78, 5) is 14.5. The molecule has 0 radical (unpaired) electrons. The van der Waals surface area contributed by atoms with Gasteiger partial charge in [-0.05, 0) is 25.1 Å². The van der Waals surface area contributed by atoms with E-state index in [2.05, 4.69) is 0 Å². The summed E-state index contributed by atoms with van der Waals surface area (Å²) in [5.74, 6) is 1.24. The van der Waals surface area contributed by atoms with E-state index in [1.54, 1.807) is 23.1 Å². The second-order valence-electron chi connectivity index (χ2n) is 5.36. The number of nitrogens with zero attached hydrogens (tertiary/aromatic N) is 1. The Bertz CT molecular complexity index is 764. The summed E-state index contributed by atoms with van der Waals surface area (Å²) in [5.41, 5.74) is 1.30. The lowest BCUT2D eigenvalue weighted by Gasteiger charge is -2.25. The molecule has 4 nitrogen and oxygen atoms in total. The van der Waals surface area contributed by atoms with Gasteiger partial charge in [0.1, 0.15) is 13.2 Å². The van der Waals surface area contributed by atoms with Crippen molar-refractivity contribution in [1.29, 1.82) is 0 Å². The van der Waals surface area contributed by atoms with Crippen molar-refractivity contribution in [2.75, 3.05) is 19.8 Å². The summed E-state index contributed by atoms with van der Waals surface area (Å²) >= 11 is 12.2. The number of ether oxygens (including phenoxy) is 2. The predicted molar refractivity (Wildman–Crippen MR) is 94.3 cm³/mol. The van der Waals surface area contributed by atoms with E-state index in [0.717, 1.165) is 5.56 Å². The molecule has 0 saturated carbocycles. The smallest absolute Gasteiger partial charge is 0.255 e. The van der Waals surface area contributed by atoms with Crippen molar-refractivity contribution in [3.05, 3.63) is 57.6 Å². The zero-order chi connectivity index (χ0) is 17.1. The quantitative estimate of drug-likeness (QED) is 0.804. The number of hydrogen-bond acceptors (Lipinski definition) is 3. The van der Waals surface area contributed by atoms with Gasteiger partial charge in [-0.15, -0.1) is 0 Å². The number of amides is 1. The maximum Gasteiger partial charge on any atom is 0.255 e. The number of benzene rings is 2. The van der Waals surface area contributed by atoms with Gasteiger partial charge >= 0.3 is 0 Å². The number of carbonyl (C=O) groups is 1. The fraction of sp³-hybridized carbons (Fsp3) is 0.278. The summed E-state index contributed by atoms with van der Waals surface area (Å²) in [5, 5.41) is 0.643. The second-order valence-corrected chi connectivity index (χ2v) is 6.15. The molecule has 1 aliphatic heterocycles. The van der Waals surface area contributed by atoms with Gasteiger partial charge in [-0.2, -0.15) is 0 Å². The fourth-order valence-electron chi connectivity index (χ4n) is 2.63. The highest BCUT2D eigenvalue weighted by Crippen LogP contribution is 2.35. The van der Waals surface area contributed by atoms with Crippen molar-refractivity contribution in [1.82, 2.24) is 4.90 Å². The molecule has 0 bridgehead atoms. The van der Waals surface area contributed by atoms with Crippen LogP contribution in [0.5, 0.6) is 11.5 Å². The Morgan fingerprint density at radius 1 is 1.12 bits per heavy atom. The molecule has 0 atom stereocenters. The molecular formula is C18H17Cl2NO3. The van der Waals surface area contributed by atoms with Gasteiger partial charge in [-0.3, -0.25) is 4.79 Å². The standard InChI is InChI=1S/C18H17Cl2NO3/c1-2-21(18(22)13-6-4-7-14(19)16(13)20)11-12-5-3-8-15-17(12)24-10-9-23-15/h3-8H,2,9-11H2,1H3. The lowest BCUT2D eigenvalue weighted by molar-refractivity contribution is 0.0749. The van der Waals surface area contributed by atoms with Crippen LogP contribution in [0.1, 0.15) is 22.8 Å². The molecule has 0 unspecified atom stereocenters. The van der Waals surface area contributed by atoms with Gasteiger partial charge in [0.15, 0.2) is 11.5 Å². The summed E-state index contributed by atoms with van der Waals surface area (Å²) < 4.78 is 11.3. The predicted octanol–water partition coefficient (Wildman–Crippen LogP) is 4.43. The van der Waals surface area contributed by atoms with E-state index >= 15 is 0 Å². The molecule has 126 valence electrons. The minimum absolute atomic E-state index is 0.167. The third-order valence-corrected chi connectivity index (χ3v) is 4.68. The zero-order valence-corrected chi connectivity index (χ0v) is 14.7. The molecule has 0 saturated heterocycles. The first kappa shape index (κ1) is 16.9. The van der Waals surface area contributed by atoms with E-state index in [4.69, 9.17) is 32.7 Å². The molecule has 24 heavy (non-hydrogen) atoms. The number of hydrogen-bond donors (Lipinski definition) is 0. The van der Waals surface area contributed by atoms with E-state index in [-0.39, 0.29) is 10.9 Å². The van der Waals surface area contributed by atoms with Crippen LogP contribution in [0.2, 0.25) is 10.0 Å². The Labute approximate surface area is 150 Å². The van der Waals surface area contributed by atoms with Crippen LogP contribution in [0.4, 0.5) is 0 Å². The zero-order valence-electron chi connectivity index (χ0n) is 13.2. The second kappa shape index (κ2) is 7.32. The molecule has 1 heterocycles. The van der Waals surface area contributed by atoms with Gasteiger partial charge < -0.3 is 14.4 Å². The lowest BCUT2D eigenvalue weighted by atomic mass is 10.1. The van der Waals surface area contributed by atoms with Crippen molar-refractivity contribution >= 4 is 29.1 Å².